The number of carbonyl (C=O) groups is 1. The summed E-state index contributed by atoms with van der Waals surface area (Å²) in [5.41, 5.74) is 6.48. The van der Waals surface area contributed by atoms with Gasteiger partial charge in [0.05, 0.1) is 0 Å². The van der Waals surface area contributed by atoms with Gasteiger partial charge in [0, 0.05) is 0 Å². The molecule has 7 heteroatoms. The smallest absolute Gasteiger partial charge is 0.320 e. The molecule has 0 saturated heterocycles. The van der Waals surface area contributed by atoms with Gasteiger partial charge >= 0.3 is 5.97 Å². The predicted molar refractivity (Wildman–Crippen MR) is 61.0 cm³/mol. The van der Waals surface area contributed by atoms with Gasteiger partial charge in [-0.1, -0.05) is 24.3 Å². The van der Waals surface area contributed by atoms with Crippen LogP contribution in [-0.4, -0.2) is 30.1 Å². The van der Waals surface area contributed by atoms with Crippen molar-refractivity contribution < 1.29 is 22.9 Å². The molecular weight excluding hydrogens is 246 g/mol. The minimum absolute atomic E-state index is 0.168. The molecule has 1 aromatic rings. The number of rotatable bonds is 5. The van der Waals surface area contributed by atoms with Crippen molar-refractivity contribution in [2.24, 2.45) is 5.73 Å². The molecular formula is C10H13NO5S. The third-order valence-corrected chi connectivity index (χ3v) is 2.84. The third kappa shape index (κ3) is 4.94. The quantitative estimate of drug-likeness (QED) is 0.642. The molecule has 1 rings (SSSR count). The Hall–Kier alpha value is -1.44. The molecule has 0 aromatic heterocycles. The lowest BCUT2D eigenvalue weighted by Crippen LogP contribution is -2.32. The van der Waals surface area contributed by atoms with Crippen molar-refractivity contribution in [3.05, 3.63) is 35.4 Å². The van der Waals surface area contributed by atoms with Crippen LogP contribution in [0.3, 0.4) is 0 Å². The Morgan fingerprint density at radius 2 is 1.71 bits per heavy atom. The molecule has 0 fully saturated rings. The number of benzene rings is 1. The molecule has 1 atom stereocenters. The average molecular weight is 259 g/mol. The predicted octanol–water partition coefficient (Wildman–Crippen LogP) is 0.0288. The average Bonchev–Trinajstić information content (AvgIpc) is 2.18. The van der Waals surface area contributed by atoms with Gasteiger partial charge in [-0.25, -0.2) is 0 Å². The molecule has 0 heterocycles. The van der Waals surface area contributed by atoms with Crippen LogP contribution in [0.2, 0.25) is 0 Å². The summed E-state index contributed by atoms with van der Waals surface area (Å²) >= 11 is 0. The zero-order valence-electron chi connectivity index (χ0n) is 8.91. The molecule has 0 aliphatic heterocycles. The van der Waals surface area contributed by atoms with Gasteiger partial charge in [0.25, 0.3) is 10.1 Å². The second kappa shape index (κ2) is 5.26. The first-order valence-corrected chi connectivity index (χ1v) is 6.40. The zero-order valence-corrected chi connectivity index (χ0v) is 9.72. The second-order valence-electron chi connectivity index (χ2n) is 3.69. The van der Waals surface area contributed by atoms with Gasteiger partial charge in [-0.15, -0.1) is 0 Å². The molecule has 0 spiro atoms. The van der Waals surface area contributed by atoms with Gasteiger partial charge in [0.15, 0.2) is 0 Å². The van der Waals surface area contributed by atoms with Gasteiger partial charge in [-0.05, 0) is 17.5 Å². The Morgan fingerprint density at radius 3 is 2.12 bits per heavy atom. The van der Waals surface area contributed by atoms with E-state index >= 15 is 0 Å². The Morgan fingerprint density at radius 1 is 1.24 bits per heavy atom. The van der Waals surface area contributed by atoms with E-state index in [1.165, 1.54) is 12.1 Å². The van der Waals surface area contributed by atoms with Crippen LogP contribution in [0.25, 0.3) is 0 Å². The third-order valence-electron chi connectivity index (χ3n) is 2.14. The highest BCUT2D eigenvalue weighted by Crippen LogP contribution is 2.09. The summed E-state index contributed by atoms with van der Waals surface area (Å²) < 4.78 is 29.9. The van der Waals surface area contributed by atoms with Crippen molar-refractivity contribution in [1.29, 1.82) is 0 Å². The largest absolute Gasteiger partial charge is 0.480 e. The van der Waals surface area contributed by atoms with E-state index in [1.807, 2.05) is 0 Å². The van der Waals surface area contributed by atoms with Crippen molar-refractivity contribution in [1.82, 2.24) is 0 Å². The molecule has 4 N–H and O–H groups in total. The summed E-state index contributed by atoms with van der Waals surface area (Å²) in [4.78, 5) is 10.5. The SMILES string of the molecule is N[C@@H](Cc1ccc(CS(=O)(=O)O)cc1)C(=O)O. The topological polar surface area (TPSA) is 118 Å². The molecule has 0 aliphatic rings. The van der Waals surface area contributed by atoms with Crippen LogP contribution >= 0.6 is 0 Å². The van der Waals surface area contributed by atoms with E-state index in [0.717, 1.165) is 0 Å². The number of carboxylic acid groups (broad SMARTS) is 1. The molecule has 94 valence electrons. The normalized spacial score (nSPS) is 13.3. The Kier molecular flexibility index (Phi) is 4.22. The second-order valence-corrected chi connectivity index (χ2v) is 5.14. The highest BCUT2D eigenvalue weighted by Gasteiger charge is 2.12. The molecule has 1 aromatic carbocycles. The Bertz CT molecular complexity index is 494. The fourth-order valence-corrected chi connectivity index (χ4v) is 1.94. The van der Waals surface area contributed by atoms with E-state index in [9.17, 15) is 13.2 Å². The van der Waals surface area contributed by atoms with Crippen LogP contribution in [0, 0.1) is 0 Å². The first kappa shape index (κ1) is 13.6. The summed E-state index contributed by atoms with van der Waals surface area (Å²) in [6.07, 6.45) is 0.168. The maximum atomic E-state index is 10.6. The molecule has 0 aliphatic carbocycles. The van der Waals surface area contributed by atoms with E-state index in [1.54, 1.807) is 12.1 Å². The Labute approximate surface area is 98.8 Å². The van der Waals surface area contributed by atoms with Gasteiger partial charge in [0.2, 0.25) is 0 Å². The minimum Gasteiger partial charge on any atom is -0.480 e. The van der Waals surface area contributed by atoms with E-state index in [-0.39, 0.29) is 6.42 Å². The number of carboxylic acids is 1. The molecule has 0 unspecified atom stereocenters. The summed E-state index contributed by atoms with van der Waals surface area (Å²) in [5, 5.41) is 8.61. The van der Waals surface area contributed by atoms with Crippen molar-refractivity contribution >= 4 is 16.1 Å². The first-order chi connectivity index (χ1) is 7.78. The minimum atomic E-state index is -4.05. The maximum absolute atomic E-state index is 10.6. The monoisotopic (exact) mass is 259 g/mol. The standard InChI is InChI=1S/C10H13NO5S/c11-9(10(12)13)5-7-1-3-8(4-2-7)6-17(14,15)16/h1-4,9H,5-6,11H2,(H,12,13)(H,14,15,16)/t9-/m0/s1. The molecule has 0 radical (unpaired) electrons. The summed E-state index contributed by atoms with van der Waals surface area (Å²) in [6, 6.07) is 5.21. The molecule has 0 amide bonds. The summed E-state index contributed by atoms with van der Waals surface area (Å²) in [7, 11) is -4.05. The van der Waals surface area contributed by atoms with E-state index in [0.29, 0.717) is 11.1 Å². The van der Waals surface area contributed by atoms with Crippen LogP contribution in [0.1, 0.15) is 11.1 Å². The van der Waals surface area contributed by atoms with E-state index < -0.39 is 27.9 Å². The lowest BCUT2D eigenvalue weighted by Gasteiger charge is -2.06. The van der Waals surface area contributed by atoms with Crippen molar-refractivity contribution in [3.63, 3.8) is 0 Å². The van der Waals surface area contributed by atoms with Crippen molar-refractivity contribution in [2.45, 2.75) is 18.2 Å². The molecule has 6 nitrogen and oxygen atoms in total. The number of aliphatic carboxylic acids is 1. The highest BCUT2D eigenvalue weighted by atomic mass is 32.2. The van der Waals surface area contributed by atoms with Crippen LogP contribution in [0.15, 0.2) is 24.3 Å². The first-order valence-electron chi connectivity index (χ1n) is 4.79. The van der Waals surface area contributed by atoms with Crippen LogP contribution < -0.4 is 5.73 Å². The molecule has 17 heavy (non-hydrogen) atoms. The number of hydrogen-bond acceptors (Lipinski definition) is 4. The zero-order chi connectivity index (χ0) is 13.1. The Balaban J connectivity index is 2.72. The van der Waals surface area contributed by atoms with Crippen molar-refractivity contribution in [2.75, 3.05) is 0 Å². The van der Waals surface area contributed by atoms with Gasteiger partial charge < -0.3 is 10.8 Å². The van der Waals surface area contributed by atoms with Gasteiger partial charge in [-0.2, -0.15) is 8.42 Å². The highest BCUT2D eigenvalue weighted by molar-refractivity contribution is 7.85. The fraction of sp³-hybridized carbons (Fsp3) is 0.300. The molecule has 0 bridgehead atoms. The van der Waals surface area contributed by atoms with E-state index in [4.69, 9.17) is 15.4 Å². The van der Waals surface area contributed by atoms with E-state index in [2.05, 4.69) is 0 Å². The maximum Gasteiger partial charge on any atom is 0.320 e. The van der Waals surface area contributed by atoms with Gasteiger partial charge in [0.1, 0.15) is 11.8 Å². The van der Waals surface area contributed by atoms with Crippen LogP contribution in [-0.2, 0) is 27.1 Å². The van der Waals surface area contributed by atoms with Crippen LogP contribution in [0.4, 0.5) is 0 Å². The lowest BCUT2D eigenvalue weighted by molar-refractivity contribution is -0.138. The van der Waals surface area contributed by atoms with Crippen LogP contribution in [0.5, 0.6) is 0 Å². The van der Waals surface area contributed by atoms with Crippen molar-refractivity contribution in [3.8, 4) is 0 Å². The molecule has 0 saturated carbocycles. The lowest BCUT2D eigenvalue weighted by atomic mass is 10.1. The fourth-order valence-electron chi connectivity index (χ4n) is 1.32. The number of nitrogens with two attached hydrogens (primary N) is 1. The summed E-state index contributed by atoms with van der Waals surface area (Å²) in [6.45, 7) is 0. The van der Waals surface area contributed by atoms with Gasteiger partial charge in [-0.3, -0.25) is 9.35 Å². The number of hydrogen-bond donors (Lipinski definition) is 3. The summed E-state index contributed by atoms with van der Waals surface area (Å²) in [5.74, 6) is -1.55.